The Kier molecular flexibility index (Phi) is 2.02. The van der Waals surface area contributed by atoms with Crippen LogP contribution in [0.5, 0.6) is 0 Å². The first-order valence-electron chi connectivity index (χ1n) is 3.13. The van der Waals surface area contributed by atoms with Gasteiger partial charge in [-0.25, -0.2) is 9.97 Å². The molecule has 0 aliphatic heterocycles. The van der Waals surface area contributed by atoms with Gasteiger partial charge in [-0.2, -0.15) is 5.26 Å². The van der Waals surface area contributed by atoms with Gasteiger partial charge in [0.1, 0.15) is 6.07 Å². The van der Waals surface area contributed by atoms with Crippen LogP contribution in [0.3, 0.4) is 0 Å². The van der Waals surface area contributed by atoms with Crippen LogP contribution in [0, 0.1) is 11.3 Å². The highest BCUT2D eigenvalue weighted by Crippen LogP contribution is 2.05. The highest BCUT2D eigenvalue weighted by Gasteiger charge is 1.96. The smallest absolute Gasteiger partial charge is 0.232 e. The van der Waals surface area contributed by atoms with Crippen molar-refractivity contribution in [1.29, 1.82) is 5.26 Å². The second kappa shape index (κ2) is 2.97. The number of nitriles is 1. The molecule has 1 heterocycles. The molecule has 0 N–H and O–H groups in total. The van der Waals surface area contributed by atoms with Crippen molar-refractivity contribution < 1.29 is 0 Å². The molecule has 0 saturated carbocycles. The normalized spacial score (nSPS) is 8.82. The molecule has 0 atom stereocenters. The van der Waals surface area contributed by atoms with Gasteiger partial charge in [-0.3, -0.25) is 0 Å². The van der Waals surface area contributed by atoms with E-state index in [1.165, 1.54) is 0 Å². The summed E-state index contributed by atoms with van der Waals surface area (Å²) in [6, 6.07) is 1.85. The highest BCUT2D eigenvalue weighted by molar-refractivity contribution is 5.40. The average Bonchev–Trinajstić information content (AvgIpc) is 2.05. The lowest BCUT2D eigenvalue weighted by Crippen LogP contribution is -2.09. The van der Waals surface area contributed by atoms with Crippen LogP contribution in [0.25, 0.3) is 0 Å². The van der Waals surface area contributed by atoms with Gasteiger partial charge in [0, 0.05) is 14.1 Å². The lowest BCUT2D eigenvalue weighted by molar-refractivity contribution is 1.05. The SMILES string of the molecule is CN(C)c1cnc(C#N)nc1. The zero-order chi connectivity index (χ0) is 8.27. The number of rotatable bonds is 1. The first-order valence-corrected chi connectivity index (χ1v) is 3.13. The van der Waals surface area contributed by atoms with Crippen LogP contribution in [0.1, 0.15) is 5.82 Å². The number of aromatic nitrogens is 2. The maximum absolute atomic E-state index is 8.38. The van der Waals surface area contributed by atoms with Crippen LogP contribution >= 0.6 is 0 Å². The van der Waals surface area contributed by atoms with E-state index < -0.39 is 0 Å². The second-order valence-corrected chi connectivity index (χ2v) is 2.27. The standard InChI is InChI=1S/C7H8N4/c1-11(2)6-4-9-7(3-8)10-5-6/h4-5H,1-2H3. The van der Waals surface area contributed by atoms with E-state index in [2.05, 4.69) is 9.97 Å². The fourth-order valence-electron chi connectivity index (χ4n) is 0.610. The summed E-state index contributed by atoms with van der Waals surface area (Å²) in [5.41, 5.74) is 0.893. The number of anilines is 1. The molecule has 0 aromatic carbocycles. The van der Waals surface area contributed by atoms with Gasteiger partial charge in [0.25, 0.3) is 0 Å². The predicted octanol–water partition coefficient (Wildman–Crippen LogP) is 0.414. The molecule has 56 valence electrons. The summed E-state index contributed by atoms with van der Waals surface area (Å²) in [6.45, 7) is 0. The number of hydrogen-bond donors (Lipinski definition) is 0. The van der Waals surface area contributed by atoms with Gasteiger partial charge < -0.3 is 4.90 Å². The third kappa shape index (κ3) is 1.64. The van der Waals surface area contributed by atoms with Gasteiger partial charge in [-0.15, -0.1) is 0 Å². The average molecular weight is 148 g/mol. The molecule has 0 unspecified atom stereocenters. The minimum Gasteiger partial charge on any atom is -0.375 e. The van der Waals surface area contributed by atoms with Crippen molar-refractivity contribution in [3.05, 3.63) is 18.2 Å². The molecular formula is C7H8N4. The summed E-state index contributed by atoms with van der Waals surface area (Å²) >= 11 is 0. The number of nitrogens with zero attached hydrogens (tertiary/aromatic N) is 4. The predicted molar refractivity (Wildman–Crippen MR) is 41.1 cm³/mol. The molecule has 1 rings (SSSR count). The van der Waals surface area contributed by atoms with E-state index in [4.69, 9.17) is 5.26 Å². The van der Waals surface area contributed by atoms with E-state index in [0.717, 1.165) is 5.69 Å². The highest BCUT2D eigenvalue weighted by atomic mass is 15.1. The van der Waals surface area contributed by atoms with E-state index in [0.29, 0.717) is 0 Å². The fourth-order valence-corrected chi connectivity index (χ4v) is 0.610. The summed E-state index contributed by atoms with van der Waals surface area (Å²) in [4.78, 5) is 9.49. The zero-order valence-corrected chi connectivity index (χ0v) is 6.44. The van der Waals surface area contributed by atoms with E-state index in [-0.39, 0.29) is 5.82 Å². The van der Waals surface area contributed by atoms with E-state index in [9.17, 15) is 0 Å². The molecule has 11 heavy (non-hydrogen) atoms. The summed E-state index contributed by atoms with van der Waals surface area (Å²) in [5.74, 6) is 0.204. The molecule has 0 amide bonds. The van der Waals surface area contributed by atoms with Crippen LogP contribution in [-0.4, -0.2) is 24.1 Å². The first-order chi connectivity index (χ1) is 5.24. The van der Waals surface area contributed by atoms with Crippen molar-refractivity contribution in [2.45, 2.75) is 0 Å². The quantitative estimate of drug-likeness (QED) is 0.579. The van der Waals surface area contributed by atoms with Gasteiger partial charge in [0.2, 0.25) is 5.82 Å². The Morgan fingerprint density at radius 2 is 1.91 bits per heavy atom. The molecule has 0 saturated heterocycles. The zero-order valence-electron chi connectivity index (χ0n) is 6.44. The van der Waals surface area contributed by atoms with Gasteiger partial charge >= 0.3 is 0 Å². The molecule has 1 aromatic heterocycles. The lowest BCUT2D eigenvalue weighted by Gasteiger charge is -2.09. The van der Waals surface area contributed by atoms with Crippen LogP contribution in [0.2, 0.25) is 0 Å². The number of hydrogen-bond acceptors (Lipinski definition) is 4. The van der Waals surface area contributed by atoms with Crippen molar-refractivity contribution in [2.24, 2.45) is 0 Å². The lowest BCUT2D eigenvalue weighted by atomic mass is 10.5. The molecule has 0 radical (unpaired) electrons. The third-order valence-corrected chi connectivity index (χ3v) is 1.25. The topological polar surface area (TPSA) is 52.8 Å². The maximum atomic E-state index is 8.38. The third-order valence-electron chi connectivity index (χ3n) is 1.25. The largest absolute Gasteiger partial charge is 0.375 e. The van der Waals surface area contributed by atoms with Crippen molar-refractivity contribution in [3.8, 4) is 6.07 Å². The van der Waals surface area contributed by atoms with E-state index >= 15 is 0 Å². The molecule has 0 spiro atoms. The van der Waals surface area contributed by atoms with Crippen LogP contribution in [0.4, 0.5) is 5.69 Å². The monoisotopic (exact) mass is 148 g/mol. The van der Waals surface area contributed by atoms with Gasteiger partial charge in [-0.1, -0.05) is 0 Å². The second-order valence-electron chi connectivity index (χ2n) is 2.27. The molecule has 0 fully saturated rings. The van der Waals surface area contributed by atoms with E-state index in [1.807, 2.05) is 25.1 Å². The van der Waals surface area contributed by atoms with Crippen molar-refractivity contribution in [3.63, 3.8) is 0 Å². The molecule has 0 aliphatic carbocycles. The van der Waals surface area contributed by atoms with Crippen molar-refractivity contribution in [1.82, 2.24) is 9.97 Å². The Hall–Kier alpha value is -1.63. The summed E-state index contributed by atoms with van der Waals surface area (Å²) < 4.78 is 0. The Balaban J connectivity index is 2.94. The Labute approximate surface area is 65.1 Å². The van der Waals surface area contributed by atoms with Gasteiger partial charge in [0.05, 0.1) is 18.1 Å². The molecule has 0 bridgehead atoms. The minimum absolute atomic E-state index is 0.204. The first kappa shape index (κ1) is 7.48. The summed E-state index contributed by atoms with van der Waals surface area (Å²) in [6.07, 6.45) is 3.23. The Morgan fingerprint density at radius 1 is 1.36 bits per heavy atom. The molecule has 4 heteroatoms. The van der Waals surface area contributed by atoms with Gasteiger partial charge in [-0.05, 0) is 0 Å². The van der Waals surface area contributed by atoms with E-state index in [1.54, 1.807) is 12.4 Å². The minimum atomic E-state index is 0.204. The van der Waals surface area contributed by atoms with Crippen LogP contribution < -0.4 is 4.90 Å². The Morgan fingerprint density at radius 3 is 2.27 bits per heavy atom. The molecule has 4 nitrogen and oxygen atoms in total. The van der Waals surface area contributed by atoms with Crippen LogP contribution in [-0.2, 0) is 0 Å². The van der Waals surface area contributed by atoms with Crippen LogP contribution in [0.15, 0.2) is 12.4 Å². The van der Waals surface area contributed by atoms with Crippen molar-refractivity contribution in [2.75, 3.05) is 19.0 Å². The van der Waals surface area contributed by atoms with Crippen molar-refractivity contribution >= 4 is 5.69 Å². The fraction of sp³-hybridized carbons (Fsp3) is 0.286. The Bertz CT molecular complexity index is 269. The molecule has 0 aliphatic rings. The maximum Gasteiger partial charge on any atom is 0.232 e. The van der Waals surface area contributed by atoms with Gasteiger partial charge in [0.15, 0.2) is 0 Å². The molecular weight excluding hydrogens is 140 g/mol. The molecule has 1 aromatic rings. The summed E-state index contributed by atoms with van der Waals surface area (Å²) in [5, 5.41) is 8.38. The summed E-state index contributed by atoms with van der Waals surface area (Å²) in [7, 11) is 3.79.